The molecule has 0 aromatic carbocycles. The molecule has 4 N–H and O–H groups in total. The van der Waals surface area contributed by atoms with Crippen molar-refractivity contribution in [2.45, 2.75) is 103 Å². The largest absolute Gasteiger partial charge is 0.480 e. The third kappa shape index (κ3) is 5.17. The van der Waals surface area contributed by atoms with Crippen LogP contribution in [0.5, 0.6) is 0 Å². The van der Waals surface area contributed by atoms with Gasteiger partial charge in [0.25, 0.3) is 0 Å². The van der Waals surface area contributed by atoms with Gasteiger partial charge in [-0.05, 0) is 81.1 Å². The minimum Gasteiger partial charge on any atom is -0.480 e. The van der Waals surface area contributed by atoms with Gasteiger partial charge in [-0.1, -0.05) is 19.4 Å². The average molecular weight is 548 g/mol. The molecule has 4 aliphatic rings. The maximum absolute atomic E-state index is 13.3. The minimum absolute atomic E-state index is 0.00953. The van der Waals surface area contributed by atoms with Crippen LogP contribution in [0.2, 0.25) is 0 Å². The highest BCUT2D eigenvalue weighted by Gasteiger charge is 2.66. The Morgan fingerprint density at radius 2 is 1.74 bits per heavy atom. The van der Waals surface area contributed by atoms with Gasteiger partial charge in [-0.25, -0.2) is 4.79 Å². The van der Waals surface area contributed by atoms with Crippen molar-refractivity contribution >= 4 is 29.4 Å². The Morgan fingerprint density at radius 3 is 2.41 bits per heavy atom. The Bertz CT molecular complexity index is 1080. The third-order valence-electron chi connectivity index (χ3n) is 10.6. The quantitative estimate of drug-likeness (QED) is 0.316. The van der Waals surface area contributed by atoms with Crippen molar-refractivity contribution in [3.05, 3.63) is 11.6 Å². The van der Waals surface area contributed by atoms with E-state index in [0.29, 0.717) is 31.1 Å². The van der Waals surface area contributed by atoms with Gasteiger partial charge in [0, 0.05) is 18.3 Å². The fourth-order valence-electron chi connectivity index (χ4n) is 8.22. The number of carboxylic acid groups (broad SMARTS) is 1. The van der Waals surface area contributed by atoms with Gasteiger partial charge in [0.15, 0.2) is 18.4 Å². The van der Waals surface area contributed by atoms with Crippen LogP contribution in [0, 0.1) is 28.6 Å². The number of amides is 1. The average Bonchev–Trinajstić information content (AvgIpc) is 3.16. The molecule has 4 rings (SSSR count). The number of Topliss-reactive ketones (excluding diaryl/α,β-unsaturated/α-hetero) is 1. The lowest BCUT2D eigenvalue weighted by Gasteiger charge is -2.58. The van der Waals surface area contributed by atoms with E-state index in [1.165, 1.54) is 12.5 Å². The second-order valence-corrected chi connectivity index (χ2v) is 12.5. The van der Waals surface area contributed by atoms with Crippen molar-refractivity contribution in [2.24, 2.45) is 28.6 Å². The molecule has 0 radical (unpaired) electrons. The number of hydrogen-bond acceptors (Lipinski definition) is 8. The van der Waals surface area contributed by atoms with Gasteiger partial charge >= 0.3 is 11.9 Å². The molecule has 0 aromatic rings. The van der Waals surface area contributed by atoms with Crippen molar-refractivity contribution in [1.29, 1.82) is 0 Å². The van der Waals surface area contributed by atoms with Gasteiger partial charge in [0.2, 0.25) is 11.7 Å². The number of carbonyl (C=O) groups excluding carboxylic acids is 4. The van der Waals surface area contributed by atoms with Crippen LogP contribution in [-0.4, -0.2) is 69.1 Å². The van der Waals surface area contributed by atoms with Gasteiger partial charge in [-0.2, -0.15) is 0 Å². The summed E-state index contributed by atoms with van der Waals surface area (Å²) in [7, 11) is 0. The number of carboxylic acids is 1. The van der Waals surface area contributed by atoms with E-state index in [1.807, 2.05) is 13.0 Å². The zero-order valence-corrected chi connectivity index (χ0v) is 23.0. The molecule has 10 heteroatoms. The number of aliphatic carboxylic acids is 1. The number of esters is 1. The number of hydrogen-bond donors (Lipinski definition) is 4. The van der Waals surface area contributed by atoms with E-state index in [9.17, 15) is 34.2 Å². The maximum atomic E-state index is 13.3. The number of aliphatic hydroxyl groups is 2. The fourth-order valence-corrected chi connectivity index (χ4v) is 8.22. The highest BCUT2D eigenvalue weighted by atomic mass is 16.5. The summed E-state index contributed by atoms with van der Waals surface area (Å²) in [5.41, 5.74) is -0.985. The molecule has 1 amide bonds. The highest BCUT2D eigenvalue weighted by molar-refractivity contribution is 5.92. The van der Waals surface area contributed by atoms with Gasteiger partial charge in [-0.3, -0.25) is 19.2 Å². The molecule has 0 bridgehead atoms. The lowest BCUT2D eigenvalue weighted by molar-refractivity contribution is -0.170. The molecule has 3 fully saturated rings. The number of aliphatic hydroxyl groups excluding tert-OH is 1. The number of allylic oxidation sites excluding steroid dienone is 1. The Hall–Kier alpha value is -2.59. The number of ether oxygens (including phenoxy) is 1. The summed E-state index contributed by atoms with van der Waals surface area (Å²) in [5.74, 6) is -2.33. The Labute approximate surface area is 228 Å². The highest BCUT2D eigenvalue weighted by Crippen LogP contribution is 2.67. The second-order valence-electron chi connectivity index (χ2n) is 12.5. The van der Waals surface area contributed by atoms with Crippen LogP contribution in [0.15, 0.2) is 11.6 Å². The van der Waals surface area contributed by atoms with E-state index >= 15 is 0 Å². The van der Waals surface area contributed by atoms with Crippen LogP contribution in [0.4, 0.5) is 0 Å². The minimum atomic E-state index is -1.61. The van der Waals surface area contributed by atoms with Crippen molar-refractivity contribution < 1.29 is 44.0 Å². The van der Waals surface area contributed by atoms with Crippen LogP contribution in [0.1, 0.15) is 85.0 Å². The zero-order chi connectivity index (χ0) is 28.8. The predicted octanol–water partition coefficient (Wildman–Crippen LogP) is 2.09. The number of fused-ring (bicyclic) bond motifs is 5. The molecule has 0 heterocycles. The molecule has 4 aliphatic carbocycles. The summed E-state index contributed by atoms with van der Waals surface area (Å²) in [6, 6.07) is -1.49. The molecule has 3 saturated carbocycles. The topological polar surface area (TPSA) is 167 Å². The first-order valence-electron chi connectivity index (χ1n) is 14.1. The molecular formula is C29H41NO9. The summed E-state index contributed by atoms with van der Waals surface area (Å²) in [6.07, 6.45) is 5.63. The Balaban J connectivity index is 1.34. The lowest BCUT2D eigenvalue weighted by Crippen LogP contribution is -2.58. The van der Waals surface area contributed by atoms with Crippen LogP contribution < -0.4 is 5.32 Å². The molecule has 0 saturated heterocycles. The molecular weight excluding hydrogens is 506 g/mol. The Morgan fingerprint density at radius 1 is 1.05 bits per heavy atom. The van der Waals surface area contributed by atoms with E-state index < -0.39 is 53.4 Å². The van der Waals surface area contributed by atoms with Crippen LogP contribution >= 0.6 is 0 Å². The third-order valence-corrected chi connectivity index (χ3v) is 10.6. The standard InChI is InChI=1S/C29H41NO9/c1-16(31)25(26(36)37)30-23(34)6-7-24(35)39-15-22(33)29(38)13-10-21-19-5-4-17-14-18(32)8-11-27(17,2)20(19)9-12-28(21,29)3/h14,16,19-21,25,31,38H,4-13,15H2,1-3H3,(H,30,34)(H,36,37)/t16-,19-,20+,21+,25+,27+,28+,29+/m1/s1. The molecule has 216 valence electrons. The molecule has 0 aliphatic heterocycles. The van der Waals surface area contributed by atoms with Crippen molar-refractivity contribution in [1.82, 2.24) is 5.32 Å². The normalized spacial score (nSPS) is 36.9. The van der Waals surface area contributed by atoms with Gasteiger partial charge in [-0.15, -0.1) is 0 Å². The molecule has 39 heavy (non-hydrogen) atoms. The predicted molar refractivity (Wildman–Crippen MR) is 138 cm³/mol. The fraction of sp³-hybridized carbons (Fsp3) is 0.759. The SMILES string of the molecule is C[C@@H](O)[C@H](NC(=O)CCC(=O)OCC(=O)[C@@]1(O)CC[C@H]2[C@@H]3CCC4=CC(=O)CC[C@]4(C)[C@H]3CC[C@@]21C)C(=O)O. The molecule has 0 aromatic heterocycles. The molecule has 8 atom stereocenters. The van der Waals surface area contributed by atoms with E-state index in [4.69, 9.17) is 9.84 Å². The van der Waals surface area contributed by atoms with E-state index in [1.54, 1.807) is 0 Å². The van der Waals surface area contributed by atoms with Gasteiger partial charge in [0.1, 0.15) is 5.60 Å². The summed E-state index contributed by atoms with van der Waals surface area (Å²) < 4.78 is 5.13. The smallest absolute Gasteiger partial charge is 0.328 e. The second kappa shape index (κ2) is 10.8. The van der Waals surface area contributed by atoms with Crippen molar-refractivity contribution in [3.63, 3.8) is 0 Å². The molecule has 0 spiro atoms. The number of rotatable bonds is 9. The van der Waals surface area contributed by atoms with E-state index in [0.717, 1.165) is 32.1 Å². The van der Waals surface area contributed by atoms with Crippen molar-refractivity contribution in [2.75, 3.05) is 6.61 Å². The first-order chi connectivity index (χ1) is 18.2. The number of nitrogens with one attached hydrogen (secondary N) is 1. The van der Waals surface area contributed by atoms with Crippen molar-refractivity contribution in [3.8, 4) is 0 Å². The monoisotopic (exact) mass is 547 g/mol. The summed E-state index contributed by atoms with van der Waals surface area (Å²) in [5, 5.41) is 32.4. The maximum Gasteiger partial charge on any atom is 0.328 e. The first-order valence-corrected chi connectivity index (χ1v) is 14.1. The zero-order valence-electron chi connectivity index (χ0n) is 23.0. The number of ketones is 2. The first kappa shape index (κ1) is 29.4. The summed E-state index contributed by atoms with van der Waals surface area (Å²) in [4.78, 5) is 60.7. The Kier molecular flexibility index (Phi) is 8.11. The molecule has 10 nitrogen and oxygen atoms in total. The van der Waals surface area contributed by atoms with Crippen LogP contribution in [-0.2, 0) is 28.7 Å². The van der Waals surface area contributed by atoms with E-state index in [-0.39, 0.29) is 30.0 Å². The summed E-state index contributed by atoms with van der Waals surface area (Å²) >= 11 is 0. The van der Waals surface area contributed by atoms with Gasteiger partial charge < -0.3 is 25.4 Å². The lowest BCUT2D eigenvalue weighted by atomic mass is 9.46. The van der Waals surface area contributed by atoms with Gasteiger partial charge in [0.05, 0.1) is 12.5 Å². The molecule has 0 unspecified atom stereocenters. The number of carbonyl (C=O) groups is 5. The van der Waals surface area contributed by atoms with E-state index in [2.05, 4.69) is 12.2 Å². The van der Waals surface area contributed by atoms with Crippen LogP contribution in [0.3, 0.4) is 0 Å². The summed E-state index contributed by atoms with van der Waals surface area (Å²) in [6.45, 7) is 4.91. The van der Waals surface area contributed by atoms with Crippen LogP contribution in [0.25, 0.3) is 0 Å².